The van der Waals surface area contributed by atoms with Gasteiger partial charge in [0.15, 0.2) is 6.10 Å². The summed E-state index contributed by atoms with van der Waals surface area (Å²) in [6, 6.07) is 0. The Bertz CT molecular complexity index is 1270. The Morgan fingerprint density at radius 2 is 1.02 bits per heavy atom. The van der Waals surface area contributed by atoms with E-state index in [1.54, 1.807) is 6.08 Å². The summed E-state index contributed by atoms with van der Waals surface area (Å²) in [7, 11) is -9.76. The van der Waals surface area contributed by atoms with Gasteiger partial charge in [-0.3, -0.25) is 23.2 Å². The van der Waals surface area contributed by atoms with Crippen LogP contribution >= 0.6 is 15.6 Å². The summed E-state index contributed by atoms with van der Waals surface area (Å²) in [6.07, 6.45) is 29.9. The Kier molecular flexibility index (Phi) is 36.5. The van der Waals surface area contributed by atoms with Crippen LogP contribution in [0.15, 0.2) is 48.6 Å². The lowest BCUT2D eigenvalue weighted by Crippen LogP contribution is -2.30. The second-order valence-electron chi connectivity index (χ2n) is 14.6. The summed E-state index contributed by atoms with van der Waals surface area (Å²) >= 11 is 0. The fourth-order valence-electron chi connectivity index (χ4n) is 5.55. The molecule has 17 heteroatoms. The number of esters is 2. The number of allylic oxidation sites excluding steroid dienone is 7. The number of carbonyl (C=O) groups is 2. The van der Waals surface area contributed by atoms with E-state index in [0.29, 0.717) is 12.8 Å². The SMILES string of the molecule is CC/C=C\C/C=C\C/C=C\C/C=C\C[C@H](O)[C@@H](O)CCCC(=O)OC[C@H](COP(=O)(O)OC[C@@H](O)COP(=O)(O)O)OC(=O)CCCCCCCCCCCCCCC. The van der Waals surface area contributed by atoms with Gasteiger partial charge >= 0.3 is 27.6 Å². The zero-order valence-electron chi connectivity index (χ0n) is 35.6. The molecule has 0 aliphatic carbocycles. The van der Waals surface area contributed by atoms with Crippen LogP contribution in [0, 0.1) is 0 Å². The smallest absolute Gasteiger partial charge is 0.462 e. The van der Waals surface area contributed by atoms with Gasteiger partial charge in [0.2, 0.25) is 0 Å². The molecule has 1 unspecified atom stereocenters. The van der Waals surface area contributed by atoms with Gasteiger partial charge < -0.3 is 39.5 Å². The van der Waals surface area contributed by atoms with Gasteiger partial charge in [-0.05, 0) is 51.4 Å². The van der Waals surface area contributed by atoms with E-state index >= 15 is 0 Å². The first-order valence-electron chi connectivity index (χ1n) is 21.5. The highest BCUT2D eigenvalue weighted by atomic mass is 31.2. The van der Waals surface area contributed by atoms with E-state index in [0.717, 1.165) is 44.9 Å². The molecular weight excluding hydrogens is 806 g/mol. The molecule has 0 aliphatic heterocycles. The number of rotatable bonds is 40. The first kappa shape index (κ1) is 57.0. The van der Waals surface area contributed by atoms with Crippen molar-refractivity contribution in [1.29, 1.82) is 0 Å². The number of phosphoric ester groups is 2. The molecule has 59 heavy (non-hydrogen) atoms. The molecule has 0 aliphatic rings. The van der Waals surface area contributed by atoms with E-state index in [2.05, 4.69) is 53.3 Å². The van der Waals surface area contributed by atoms with Gasteiger partial charge in [0.25, 0.3) is 0 Å². The van der Waals surface area contributed by atoms with E-state index in [9.17, 15) is 38.9 Å². The van der Waals surface area contributed by atoms with Gasteiger partial charge in [0.05, 0.1) is 32.0 Å². The van der Waals surface area contributed by atoms with Crippen LogP contribution in [0.1, 0.15) is 155 Å². The summed E-state index contributed by atoms with van der Waals surface area (Å²) in [5.41, 5.74) is 0. The molecule has 0 aromatic heterocycles. The average Bonchev–Trinajstić information content (AvgIpc) is 3.19. The second kappa shape index (κ2) is 37.7. The summed E-state index contributed by atoms with van der Waals surface area (Å²) in [5.74, 6) is -1.32. The Labute approximate surface area is 353 Å². The molecule has 15 nitrogen and oxygen atoms in total. The number of ether oxygens (including phenoxy) is 2. The third kappa shape index (κ3) is 39.9. The van der Waals surface area contributed by atoms with Crippen molar-refractivity contribution in [3.8, 4) is 0 Å². The fraction of sp³-hybridized carbons (Fsp3) is 0.762. The number of unbranched alkanes of at least 4 members (excludes halogenated alkanes) is 12. The molecule has 0 aromatic carbocycles. The first-order chi connectivity index (χ1) is 28.2. The summed E-state index contributed by atoms with van der Waals surface area (Å²) in [4.78, 5) is 52.7. The van der Waals surface area contributed by atoms with E-state index in [1.165, 1.54) is 51.4 Å². The number of aliphatic hydroxyl groups excluding tert-OH is 3. The standard InChI is InChI=1S/C42H76O15P2/c1-3-5-7-9-11-13-15-17-19-21-23-25-27-31-42(47)57-38(36-56-59(51,52)55-34-37(43)33-54-58(48,49)50)35-53-41(46)32-28-30-40(45)39(44)29-26-24-22-20-18-16-14-12-10-8-6-4-2/h6,8,12,14,18,20,24,26,37-40,43-45H,3-5,7,9-11,13,15-17,19,21-23,25,27-36H2,1-2H3,(H,51,52)(H2,48,49,50)/b8-6-,14-12-,20-18-,26-24-/t37-,38+,39-,40-/m0/s1. The van der Waals surface area contributed by atoms with Gasteiger partial charge in [-0.1, -0.05) is 140 Å². The maximum atomic E-state index is 12.6. The molecule has 0 saturated carbocycles. The quantitative estimate of drug-likeness (QED) is 0.0146. The van der Waals surface area contributed by atoms with Crippen LogP contribution in [-0.4, -0.2) is 92.8 Å². The fourth-order valence-corrected chi connectivity index (χ4v) is 6.71. The zero-order valence-corrected chi connectivity index (χ0v) is 37.4. The molecule has 344 valence electrons. The van der Waals surface area contributed by atoms with Gasteiger partial charge in [-0.2, -0.15) is 0 Å². The zero-order chi connectivity index (χ0) is 44.0. The molecule has 0 bridgehead atoms. The lowest BCUT2D eigenvalue weighted by Gasteiger charge is -2.20. The Balaban J connectivity index is 4.75. The van der Waals surface area contributed by atoms with Crippen molar-refractivity contribution in [2.75, 3.05) is 26.4 Å². The first-order valence-corrected chi connectivity index (χ1v) is 24.5. The minimum Gasteiger partial charge on any atom is -0.462 e. The van der Waals surface area contributed by atoms with Crippen LogP contribution < -0.4 is 0 Å². The van der Waals surface area contributed by atoms with Crippen molar-refractivity contribution in [1.82, 2.24) is 0 Å². The van der Waals surface area contributed by atoms with Gasteiger partial charge in [0.1, 0.15) is 12.7 Å². The molecule has 0 amide bonds. The lowest BCUT2D eigenvalue weighted by atomic mass is 10.0. The highest BCUT2D eigenvalue weighted by Gasteiger charge is 2.28. The van der Waals surface area contributed by atoms with Crippen molar-refractivity contribution >= 4 is 27.6 Å². The molecule has 0 heterocycles. The third-order valence-electron chi connectivity index (χ3n) is 8.92. The van der Waals surface area contributed by atoms with Crippen molar-refractivity contribution < 1.29 is 71.8 Å². The van der Waals surface area contributed by atoms with Crippen LogP contribution in [0.25, 0.3) is 0 Å². The van der Waals surface area contributed by atoms with E-state index in [-0.39, 0.29) is 32.1 Å². The highest BCUT2D eigenvalue weighted by molar-refractivity contribution is 7.47. The number of phosphoric acid groups is 2. The number of aliphatic hydroxyl groups is 3. The number of hydrogen-bond donors (Lipinski definition) is 6. The third-order valence-corrected chi connectivity index (χ3v) is 10.4. The molecule has 0 saturated heterocycles. The summed E-state index contributed by atoms with van der Waals surface area (Å²) in [6.45, 7) is 1.31. The average molecular weight is 883 g/mol. The molecule has 0 aromatic rings. The van der Waals surface area contributed by atoms with Gasteiger partial charge in [-0.25, -0.2) is 9.13 Å². The molecule has 5 atom stereocenters. The Morgan fingerprint density at radius 3 is 1.56 bits per heavy atom. The minimum atomic E-state index is -4.89. The molecule has 0 radical (unpaired) electrons. The predicted octanol–water partition coefficient (Wildman–Crippen LogP) is 8.61. The Morgan fingerprint density at radius 1 is 0.542 bits per heavy atom. The molecular formula is C42H76O15P2. The van der Waals surface area contributed by atoms with Gasteiger partial charge in [-0.15, -0.1) is 0 Å². The van der Waals surface area contributed by atoms with E-state index in [4.69, 9.17) is 23.8 Å². The molecule has 0 fully saturated rings. The van der Waals surface area contributed by atoms with E-state index < -0.39 is 78.4 Å². The van der Waals surface area contributed by atoms with Crippen molar-refractivity contribution in [3.05, 3.63) is 48.6 Å². The van der Waals surface area contributed by atoms with Crippen LogP contribution in [0.4, 0.5) is 0 Å². The lowest BCUT2D eigenvalue weighted by molar-refractivity contribution is -0.161. The summed E-state index contributed by atoms with van der Waals surface area (Å²) < 4.78 is 47.5. The monoisotopic (exact) mass is 882 g/mol. The van der Waals surface area contributed by atoms with Crippen LogP contribution in [0.3, 0.4) is 0 Å². The second-order valence-corrected chi connectivity index (χ2v) is 17.2. The molecule has 0 spiro atoms. The highest BCUT2D eigenvalue weighted by Crippen LogP contribution is 2.43. The Hall–Kier alpha value is -2.00. The maximum absolute atomic E-state index is 12.6. The normalized spacial score (nSPS) is 15.6. The summed E-state index contributed by atoms with van der Waals surface area (Å²) in [5, 5.41) is 30.4. The molecule has 6 N–H and O–H groups in total. The van der Waals surface area contributed by atoms with Crippen molar-refractivity contribution in [2.24, 2.45) is 0 Å². The minimum absolute atomic E-state index is 0.0718. The van der Waals surface area contributed by atoms with Crippen molar-refractivity contribution in [3.63, 3.8) is 0 Å². The topological polar surface area (TPSA) is 236 Å². The van der Waals surface area contributed by atoms with Gasteiger partial charge in [0, 0.05) is 12.8 Å². The van der Waals surface area contributed by atoms with Crippen LogP contribution in [-0.2, 0) is 41.8 Å². The largest absolute Gasteiger partial charge is 0.472 e. The maximum Gasteiger partial charge on any atom is 0.472 e. The van der Waals surface area contributed by atoms with Crippen molar-refractivity contribution in [2.45, 2.75) is 180 Å². The van der Waals surface area contributed by atoms with Crippen LogP contribution in [0.2, 0.25) is 0 Å². The number of carbonyl (C=O) groups excluding carboxylic acids is 2. The predicted molar refractivity (Wildman–Crippen MR) is 228 cm³/mol. The van der Waals surface area contributed by atoms with Crippen LogP contribution in [0.5, 0.6) is 0 Å². The molecule has 0 rings (SSSR count). The van der Waals surface area contributed by atoms with E-state index in [1.807, 2.05) is 12.2 Å². The number of hydrogen-bond acceptors (Lipinski definition) is 12.